The number of anilines is 2. The van der Waals surface area contributed by atoms with Gasteiger partial charge in [-0.1, -0.05) is 32.9 Å². The summed E-state index contributed by atoms with van der Waals surface area (Å²) in [5, 5.41) is 18.7. The molecular weight excluding hydrogens is 534 g/mol. The number of amides is 1. The molecule has 1 saturated heterocycles. The Morgan fingerprint density at radius 3 is 2.67 bits per heavy atom. The molecule has 5 heterocycles. The SMILES string of the molecule is Cn1cc(Nc2nccc(-c3ccc4c(c3)CN(C3CCOCC3)CC[C@H]4NC(=O)c3nnc(C(C)(C)C)o3)n2)cn1. The van der Waals surface area contributed by atoms with Crippen LogP contribution in [0.15, 0.2) is 47.3 Å². The largest absolute Gasteiger partial charge is 0.416 e. The highest BCUT2D eigenvalue weighted by molar-refractivity contribution is 5.89. The number of aromatic nitrogens is 6. The Bertz CT molecular complexity index is 1550. The summed E-state index contributed by atoms with van der Waals surface area (Å²) in [6.45, 7) is 9.10. The predicted molar refractivity (Wildman–Crippen MR) is 156 cm³/mol. The quantitative estimate of drug-likeness (QED) is 0.347. The molecule has 3 aromatic heterocycles. The lowest BCUT2D eigenvalue weighted by molar-refractivity contribution is 0.0309. The van der Waals surface area contributed by atoms with E-state index in [2.05, 4.69) is 54.0 Å². The van der Waals surface area contributed by atoms with Crippen molar-refractivity contribution >= 4 is 17.5 Å². The van der Waals surface area contributed by atoms with E-state index in [4.69, 9.17) is 14.1 Å². The number of ether oxygens (including phenoxy) is 1. The summed E-state index contributed by atoms with van der Waals surface area (Å²) in [5.74, 6) is 0.558. The highest BCUT2D eigenvalue weighted by atomic mass is 16.5. The van der Waals surface area contributed by atoms with Crippen molar-refractivity contribution in [3.63, 3.8) is 0 Å². The molecule has 2 aliphatic rings. The summed E-state index contributed by atoms with van der Waals surface area (Å²) < 4.78 is 13.1. The molecular formula is C30H37N9O3. The summed E-state index contributed by atoms with van der Waals surface area (Å²) in [5.41, 5.74) is 4.51. The number of hydrogen-bond donors (Lipinski definition) is 2. The van der Waals surface area contributed by atoms with E-state index in [1.165, 1.54) is 0 Å². The second kappa shape index (κ2) is 11.6. The first-order valence-electron chi connectivity index (χ1n) is 14.4. The maximum Gasteiger partial charge on any atom is 0.309 e. The summed E-state index contributed by atoms with van der Waals surface area (Å²) >= 11 is 0. The molecule has 2 aliphatic heterocycles. The number of fused-ring (bicyclic) bond motifs is 1. The maximum absolute atomic E-state index is 13.3. The van der Waals surface area contributed by atoms with Crippen LogP contribution in [0.25, 0.3) is 11.3 Å². The average molecular weight is 572 g/mol. The van der Waals surface area contributed by atoms with Crippen LogP contribution in [0.3, 0.4) is 0 Å². The van der Waals surface area contributed by atoms with Gasteiger partial charge in [0.2, 0.25) is 11.8 Å². The zero-order valence-electron chi connectivity index (χ0n) is 24.5. The molecule has 6 rings (SSSR count). The van der Waals surface area contributed by atoms with Gasteiger partial charge in [0.15, 0.2) is 0 Å². The second-order valence-electron chi connectivity index (χ2n) is 12.0. The second-order valence-corrected chi connectivity index (χ2v) is 12.0. The first-order chi connectivity index (χ1) is 20.2. The van der Waals surface area contributed by atoms with Crippen molar-refractivity contribution in [1.29, 1.82) is 0 Å². The van der Waals surface area contributed by atoms with E-state index in [-0.39, 0.29) is 23.3 Å². The lowest BCUT2D eigenvalue weighted by atomic mass is 9.96. The van der Waals surface area contributed by atoms with Crippen molar-refractivity contribution in [2.75, 3.05) is 25.1 Å². The van der Waals surface area contributed by atoms with E-state index in [0.717, 1.165) is 73.6 Å². The van der Waals surface area contributed by atoms with E-state index in [1.54, 1.807) is 17.1 Å². The Kier molecular flexibility index (Phi) is 7.74. The molecule has 1 atom stereocenters. The van der Waals surface area contributed by atoms with Crippen LogP contribution in [0.4, 0.5) is 11.6 Å². The highest BCUT2D eigenvalue weighted by Gasteiger charge is 2.31. The van der Waals surface area contributed by atoms with Crippen LogP contribution in [0.5, 0.6) is 0 Å². The van der Waals surface area contributed by atoms with Crippen LogP contribution in [0, 0.1) is 0 Å². The third-order valence-electron chi connectivity index (χ3n) is 7.78. The number of nitrogens with zero attached hydrogens (tertiary/aromatic N) is 7. The highest BCUT2D eigenvalue weighted by Crippen LogP contribution is 2.33. The van der Waals surface area contributed by atoms with Crippen molar-refractivity contribution in [3.8, 4) is 11.3 Å². The van der Waals surface area contributed by atoms with Gasteiger partial charge in [-0.25, -0.2) is 9.97 Å². The van der Waals surface area contributed by atoms with Crippen LogP contribution in [0.2, 0.25) is 0 Å². The lowest BCUT2D eigenvalue weighted by Gasteiger charge is -2.33. The van der Waals surface area contributed by atoms with Crippen LogP contribution in [-0.2, 0) is 23.7 Å². The Hall–Kier alpha value is -4.16. The molecule has 1 aromatic carbocycles. The van der Waals surface area contributed by atoms with Crippen LogP contribution in [-0.4, -0.2) is 66.6 Å². The minimum absolute atomic E-state index is 0.0155. The molecule has 0 aliphatic carbocycles. The topological polar surface area (TPSA) is 136 Å². The van der Waals surface area contributed by atoms with E-state index in [1.807, 2.05) is 40.1 Å². The molecule has 12 heteroatoms. The monoisotopic (exact) mass is 571 g/mol. The number of rotatable bonds is 6. The molecule has 0 unspecified atom stereocenters. The zero-order valence-corrected chi connectivity index (χ0v) is 24.5. The van der Waals surface area contributed by atoms with Crippen molar-refractivity contribution in [2.45, 2.75) is 64.1 Å². The molecule has 0 radical (unpaired) electrons. The molecule has 4 aromatic rings. The van der Waals surface area contributed by atoms with Crippen molar-refractivity contribution in [2.24, 2.45) is 7.05 Å². The fourth-order valence-corrected chi connectivity index (χ4v) is 5.53. The lowest BCUT2D eigenvalue weighted by Crippen LogP contribution is -2.39. The Labute approximate surface area is 244 Å². The first-order valence-corrected chi connectivity index (χ1v) is 14.4. The fourth-order valence-electron chi connectivity index (χ4n) is 5.53. The molecule has 12 nitrogen and oxygen atoms in total. The number of carbonyl (C=O) groups is 1. The van der Waals surface area contributed by atoms with Gasteiger partial charge in [-0.2, -0.15) is 5.10 Å². The minimum Gasteiger partial charge on any atom is -0.416 e. The van der Waals surface area contributed by atoms with Gasteiger partial charge in [0.25, 0.3) is 0 Å². The van der Waals surface area contributed by atoms with Gasteiger partial charge >= 0.3 is 11.8 Å². The number of hydrogen-bond acceptors (Lipinski definition) is 10. The average Bonchev–Trinajstić information content (AvgIpc) is 3.61. The predicted octanol–water partition coefficient (Wildman–Crippen LogP) is 4.16. The molecule has 1 amide bonds. The van der Waals surface area contributed by atoms with Gasteiger partial charge in [-0.15, -0.1) is 10.2 Å². The standard InChI is InChI=1S/C30H37N9O3/c1-30(2,3)28-37-36-27(42-28)26(40)34-25-8-12-39(22-9-13-41-14-10-22)17-20-15-19(5-6-23(20)25)24-7-11-31-29(35-24)33-21-16-32-38(4)18-21/h5-7,11,15-16,18,22,25H,8-10,12-14,17H2,1-4H3,(H,34,40)(H,31,33,35)/t25-/m1/s1. The smallest absolute Gasteiger partial charge is 0.309 e. The minimum atomic E-state index is -0.362. The summed E-state index contributed by atoms with van der Waals surface area (Å²) in [7, 11) is 1.86. The molecule has 220 valence electrons. The molecule has 0 bridgehead atoms. The Morgan fingerprint density at radius 1 is 1.10 bits per heavy atom. The number of carbonyl (C=O) groups excluding carboxylic acids is 1. The normalized spacial score (nSPS) is 18.3. The number of aryl methyl sites for hydroxylation is 1. The van der Waals surface area contributed by atoms with Crippen molar-refractivity contribution < 1.29 is 13.9 Å². The summed E-state index contributed by atoms with van der Waals surface area (Å²) in [6, 6.07) is 8.49. The van der Waals surface area contributed by atoms with E-state index >= 15 is 0 Å². The molecule has 0 spiro atoms. The number of benzene rings is 1. The van der Waals surface area contributed by atoms with Crippen LogP contribution in [0.1, 0.15) is 73.8 Å². The van der Waals surface area contributed by atoms with Gasteiger partial charge in [0.05, 0.1) is 23.6 Å². The van der Waals surface area contributed by atoms with E-state index in [9.17, 15) is 4.79 Å². The first kappa shape index (κ1) is 28.0. The van der Waals surface area contributed by atoms with E-state index in [0.29, 0.717) is 17.9 Å². The fraction of sp³-hybridized carbons (Fsp3) is 0.467. The van der Waals surface area contributed by atoms with Crippen molar-refractivity contribution in [3.05, 3.63) is 65.8 Å². The summed E-state index contributed by atoms with van der Waals surface area (Å²) in [4.78, 5) is 25.0. The van der Waals surface area contributed by atoms with Crippen LogP contribution >= 0.6 is 0 Å². The zero-order chi connectivity index (χ0) is 29.3. The Balaban J connectivity index is 1.29. The van der Waals surface area contributed by atoms with Gasteiger partial charge in [-0.3, -0.25) is 14.4 Å². The number of nitrogens with one attached hydrogen (secondary N) is 2. The third kappa shape index (κ3) is 6.19. The van der Waals surface area contributed by atoms with Gasteiger partial charge in [0.1, 0.15) is 0 Å². The van der Waals surface area contributed by atoms with E-state index < -0.39 is 0 Å². The van der Waals surface area contributed by atoms with Gasteiger partial charge in [-0.05, 0) is 42.5 Å². The Morgan fingerprint density at radius 2 is 1.93 bits per heavy atom. The summed E-state index contributed by atoms with van der Waals surface area (Å²) in [6.07, 6.45) is 8.12. The van der Waals surface area contributed by atoms with Gasteiger partial charge in [0, 0.05) is 62.8 Å². The van der Waals surface area contributed by atoms with Gasteiger partial charge < -0.3 is 19.8 Å². The third-order valence-corrected chi connectivity index (χ3v) is 7.78. The molecule has 2 N–H and O–H groups in total. The molecule has 1 fully saturated rings. The maximum atomic E-state index is 13.3. The van der Waals surface area contributed by atoms with Crippen molar-refractivity contribution in [1.82, 2.24) is 40.2 Å². The van der Waals surface area contributed by atoms with Crippen LogP contribution < -0.4 is 10.6 Å². The molecule has 0 saturated carbocycles. The molecule has 42 heavy (non-hydrogen) atoms.